The van der Waals surface area contributed by atoms with E-state index in [1.54, 1.807) is 12.3 Å². The van der Waals surface area contributed by atoms with Crippen LogP contribution in [-0.4, -0.2) is 38.9 Å². The molecule has 5 nitrogen and oxygen atoms in total. The predicted octanol–water partition coefficient (Wildman–Crippen LogP) is 5.74. The molecular weight excluding hydrogens is 443 g/mol. The molecule has 1 amide bonds. The Kier molecular flexibility index (Phi) is 5.78. The summed E-state index contributed by atoms with van der Waals surface area (Å²) < 4.78 is 1.83. The lowest BCUT2D eigenvalue weighted by atomic mass is 9.86. The molecule has 3 heterocycles. The van der Waals surface area contributed by atoms with Crippen LogP contribution in [0.3, 0.4) is 0 Å². The van der Waals surface area contributed by atoms with E-state index >= 15 is 0 Å². The number of rotatable bonds is 4. The van der Waals surface area contributed by atoms with Crippen molar-refractivity contribution in [2.75, 3.05) is 6.54 Å². The van der Waals surface area contributed by atoms with Crippen LogP contribution in [-0.2, 0) is 11.2 Å². The van der Waals surface area contributed by atoms with Crippen LogP contribution in [0.25, 0.3) is 0 Å². The van der Waals surface area contributed by atoms with Gasteiger partial charge in [-0.3, -0.25) is 4.79 Å². The molecule has 7 heteroatoms. The molecule has 0 aliphatic carbocycles. The first-order valence-corrected chi connectivity index (χ1v) is 11.7. The van der Waals surface area contributed by atoms with Crippen LogP contribution in [0.4, 0.5) is 5.82 Å². The Bertz CT molecular complexity index is 1170. The summed E-state index contributed by atoms with van der Waals surface area (Å²) in [6.07, 6.45) is 4.60. The highest BCUT2D eigenvalue weighted by molar-refractivity contribution is 6.42. The van der Waals surface area contributed by atoms with Crippen LogP contribution in [0, 0.1) is 5.92 Å². The van der Waals surface area contributed by atoms with Crippen molar-refractivity contribution in [3.05, 3.63) is 82.0 Å². The Morgan fingerprint density at radius 1 is 1.09 bits per heavy atom. The van der Waals surface area contributed by atoms with Gasteiger partial charge in [-0.05, 0) is 49.4 Å². The number of amides is 1. The van der Waals surface area contributed by atoms with Crippen LogP contribution in [0.2, 0.25) is 10.0 Å². The van der Waals surface area contributed by atoms with E-state index in [1.165, 1.54) is 5.56 Å². The second kappa shape index (κ2) is 8.72. The van der Waals surface area contributed by atoms with Gasteiger partial charge in [0.2, 0.25) is 5.91 Å². The number of halogens is 2. The lowest BCUT2D eigenvalue weighted by Crippen LogP contribution is -2.47. The fraction of sp³-hybridized carbons (Fsp3) is 0.320. The molecule has 0 spiro atoms. The molecule has 3 aromatic rings. The van der Waals surface area contributed by atoms with Crippen LogP contribution in [0.1, 0.15) is 36.9 Å². The zero-order valence-corrected chi connectivity index (χ0v) is 19.3. The molecule has 5 rings (SSSR count). The lowest BCUT2D eigenvalue weighted by molar-refractivity contribution is -0.135. The minimum absolute atomic E-state index is 0.0990. The van der Waals surface area contributed by atoms with Gasteiger partial charge in [0, 0.05) is 24.4 Å². The van der Waals surface area contributed by atoms with Gasteiger partial charge in [0.15, 0.2) is 5.82 Å². The third-order valence-electron chi connectivity index (χ3n) is 6.50. The van der Waals surface area contributed by atoms with Crippen molar-refractivity contribution in [2.45, 2.75) is 38.3 Å². The Labute approximate surface area is 197 Å². The first kappa shape index (κ1) is 21.2. The number of hydrogen-bond donors (Lipinski definition) is 0. The summed E-state index contributed by atoms with van der Waals surface area (Å²) in [4.78, 5) is 20.8. The van der Waals surface area contributed by atoms with Crippen molar-refractivity contribution < 1.29 is 4.79 Å². The van der Waals surface area contributed by atoms with Crippen molar-refractivity contribution in [1.82, 2.24) is 14.7 Å². The minimum atomic E-state index is -0.448. The molecular formula is C25H24Cl2N4O. The summed E-state index contributed by atoms with van der Waals surface area (Å²) in [5.74, 6) is 0.391. The van der Waals surface area contributed by atoms with Gasteiger partial charge in [0.25, 0.3) is 0 Å². The van der Waals surface area contributed by atoms with Gasteiger partial charge in [-0.1, -0.05) is 59.6 Å². The van der Waals surface area contributed by atoms with E-state index in [4.69, 9.17) is 28.2 Å². The Hall–Kier alpha value is -2.63. The molecule has 1 aromatic heterocycles. The zero-order valence-electron chi connectivity index (χ0n) is 17.8. The third-order valence-corrected chi connectivity index (χ3v) is 7.23. The van der Waals surface area contributed by atoms with E-state index < -0.39 is 5.92 Å². The second-order valence-corrected chi connectivity index (χ2v) is 9.32. The normalized spacial score (nSPS) is 22.5. The molecule has 1 saturated heterocycles. The Morgan fingerprint density at radius 2 is 1.91 bits per heavy atom. The van der Waals surface area contributed by atoms with Gasteiger partial charge >= 0.3 is 0 Å². The summed E-state index contributed by atoms with van der Waals surface area (Å²) in [7, 11) is 0. The summed E-state index contributed by atoms with van der Waals surface area (Å²) in [6.45, 7) is 2.70. The average molecular weight is 467 g/mol. The Morgan fingerprint density at radius 3 is 2.69 bits per heavy atom. The summed E-state index contributed by atoms with van der Waals surface area (Å²) in [5, 5.41) is 5.46. The molecule has 1 fully saturated rings. The molecule has 3 atom stereocenters. The molecule has 0 N–H and O–H groups in total. The maximum absolute atomic E-state index is 14.0. The fourth-order valence-corrected chi connectivity index (χ4v) is 5.28. The van der Waals surface area contributed by atoms with Gasteiger partial charge in [-0.25, -0.2) is 9.67 Å². The topological polar surface area (TPSA) is 50.5 Å². The molecule has 0 saturated carbocycles. The van der Waals surface area contributed by atoms with E-state index in [9.17, 15) is 4.79 Å². The lowest BCUT2D eigenvalue weighted by Gasteiger charge is -2.35. The third kappa shape index (κ3) is 3.84. The quantitative estimate of drug-likeness (QED) is 0.492. The minimum Gasteiger partial charge on any atom is -0.339 e. The average Bonchev–Trinajstić information content (AvgIpc) is 3.44. The summed E-state index contributed by atoms with van der Waals surface area (Å²) >= 11 is 12.5. The van der Waals surface area contributed by atoms with Gasteiger partial charge in [0.05, 0.1) is 22.3 Å². The van der Waals surface area contributed by atoms with Gasteiger partial charge in [-0.2, -0.15) is 5.10 Å². The first-order valence-electron chi connectivity index (χ1n) is 10.9. The number of fused-ring (bicyclic) bond motifs is 1. The monoisotopic (exact) mass is 466 g/mol. The Balaban J connectivity index is 1.51. The highest BCUT2D eigenvalue weighted by atomic mass is 35.5. The van der Waals surface area contributed by atoms with Crippen molar-refractivity contribution in [2.24, 2.45) is 10.9 Å². The van der Waals surface area contributed by atoms with Crippen LogP contribution < -0.4 is 0 Å². The predicted molar refractivity (Wildman–Crippen MR) is 128 cm³/mol. The van der Waals surface area contributed by atoms with Gasteiger partial charge in [0.1, 0.15) is 5.92 Å². The maximum atomic E-state index is 14.0. The number of benzene rings is 2. The second-order valence-electron chi connectivity index (χ2n) is 8.50. The smallest absolute Gasteiger partial charge is 0.234 e. The molecule has 32 heavy (non-hydrogen) atoms. The van der Waals surface area contributed by atoms with Gasteiger partial charge in [-0.15, -0.1) is 0 Å². The molecule has 164 valence electrons. The van der Waals surface area contributed by atoms with E-state index in [1.807, 2.05) is 48.0 Å². The number of carbonyl (C=O) groups is 1. The largest absolute Gasteiger partial charge is 0.339 e. The summed E-state index contributed by atoms with van der Waals surface area (Å²) in [5.41, 5.74) is 2.95. The number of hydrogen-bond acceptors (Lipinski definition) is 3. The first-order chi connectivity index (χ1) is 15.5. The number of carbonyl (C=O) groups excluding carboxylic acids is 1. The van der Waals surface area contributed by atoms with Crippen molar-refractivity contribution in [3.63, 3.8) is 0 Å². The maximum Gasteiger partial charge on any atom is 0.234 e. The van der Waals surface area contributed by atoms with E-state index in [2.05, 4.69) is 22.1 Å². The summed E-state index contributed by atoms with van der Waals surface area (Å²) in [6, 6.07) is 17.6. The van der Waals surface area contributed by atoms with Crippen molar-refractivity contribution >= 4 is 40.6 Å². The molecule has 2 aliphatic rings. The molecule has 2 aliphatic heterocycles. The molecule has 2 aromatic carbocycles. The van der Waals surface area contributed by atoms with Crippen LogP contribution >= 0.6 is 23.2 Å². The van der Waals surface area contributed by atoms with Crippen molar-refractivity contribution in [1.29, 1.82) is 0 Å². The molecule has 0 bridgehead atoms. The number of likely N-dealkylation sites (tertiary alicyclic amines) is 1. The number of aliphatic imine (C=N–C) groups is 1. The number of aromatic nitrogens is 2. The fourth-order valence-electron chi connectivity index (χ4n) is 4.98. The van der Waals surface area contributed by atoms with Crippen molar-refractivity contribution in [3.8, 4) is 0 Å². The number of nitrogens with zero attached hydrogens (tertiary/aromatic N) is 4. The highest BCUT2D eigenvalue weighted by Crippen LogP contribution is 2.39. The van der Waals surface area contributed by atoms with Gasteiger partial charge < -0.3 is 4.90 Å². The zero-order chi connectivity index (χ0) is 22.2. The van der Waals surface area contributed by atoms with Crippen LogP contribution in [0.5, 0.6) is 0 Å². The molecule has 3 unspecified atom stereocenters. The SMILES string of the molecule is CC1=Nc2ccnn2C(c2ccc(Cl)c(Cl)c2)C1C(=O)N1CCCC1Cc1ccccc1. The van der Waals surface area contributed by atoms with E-state index in [0.717, 1.165) is 42.9 Å². The highest BCUT2D eigenvalue weighted by Gasteiger charge is 2.42. The van der Waals surface area contributed by atoms with Crippen LogP contribution in [0.15, 0.2) is 65.8 Å². The van der Waals surface area contributed by atoms with E-state index in [0.29, 0.717) is 10.0 Å². The van der Waals surface area contributed by atoms with E-state index in [-0.39, 0.29) is 18.0 Å². The standard InChI is InChI=1S/C25H24Cl2N4O/c1-16-23(25(32)30-13-5-8-19(30)14-17-6-3-2-4-7-17)24(31-22(29-16)11-12-28-31)18-9-10-20(26)21(27)15-18/h2-4,6-7,9-12,15,19,23-24H,5,8,13-14H2,1H3. The molecule has 0 radical (unpaired) electrons.